The third-order valence-corrected chi connectivity index (χ3v) is 6.34. The molecular weight excluding hydrogens is 513 g/mol. The van der Waals surface area contributed by atoms with Gasteiger partial charge >= 0.3 is 0 Å². The van der Waals surface area contributed by atoms with Crippen LogP contribution in [0, 0.1) is 0 Å². The quantitative estimate of drug-likeness (QED) is 0.333. The lowest BCUT2D eigenvalue weighted by atomic mass is 10.2. The second kappa shape index (κ2) is 11.5. The van der Waals surface area contributed by atoms with Crippen molar-refractivity contribution in [3.05, 3.63) is 60.2 Å². The van der Waals surface area contributed by atoms with Crippen LogP contribution in [0.2, 0.25) is 0 Å². The average Bonchev–Trinajstić information content (AvgIpc) is 2.77. The molecule has 30 heavy (non-hydrogen) atoms. The molecule has 0 bridgehead atoms. The molecule has 1 aliphatic heterocycles. The van der Waals surface area contributed by atoms with Crippen LogP contribution in [-0.4, -0.2) is 59.0 Å². The lowest BCUT2D eigenvalue weighted by Crippen LogP contribution is -2.52. The largest absolute Gasteiger partial charge is 0.368 e. The van der Waals surface area contributed by atoms with Gasteiger partial charge in [0.05, 0.1) is 11.4 Å². The zero-order valence-electron chi connectivity index (χ0n) is 17.4. The number of nitrogens with zero attached hydrogens (tertiary/aromatic N) is 3. The summed E-state index contributed by atoms with van der Waals surface area (Å²) in [7, 11) is -2.04. The zero-order valence-corrected chi connectivity index (χ0v) is 20.6. The number of halogens is 1. The molecule has 2 aromatic carbocycles. The molecule has 0 atom stereocenters. The summed E-state index contributed by atoms with van der Waals surface area (Å²) in [4.78, 5) is 9.65. The molecule has 0 spiro atoms. The minimum Gasteiger partial charge on any atom is -0.368 e. The standard InChI is InChI=1S/C21H29N5O2S.HI/c1-3-23-21(24-17-18-8-7-11-20(16-18)29(27,28)22-2)26-14-12-25(13-15-26)19-9-5-4-6-10-19;/h4-11,16,22H,3,12-15,17H2,1-2H3,(H,23,24);1H. The maximum Gasteiger partial charge on any atom is 0.240 e. The Morgan fingerprint density at radius 2 is 1.73 bits per heavy atom. The summed E-state index contributed by atoms with van der Waals surface area (Å²) in [6.45, 7) is 6.90. The van der Waals surface area contributed by atoms with Gasteiger partial charge in [-0.1, -0.05) is 30.3 Å². The molecule has 3 rings (SSSR count). The summed E-state index contributed by atoms with van der Waals surface area (Å²) in [6, 6.07) is 17.4. The minimum absolute atomic E-state index is 0. The highest BCUT2D eigenvalue weighted by Gasteiger charge is 2.19. The molecule has 2 N–H and O–H groups in total. The first kappa shape index (κ1) is 24.4. The molecule has 0 aliphatic carbocycles. The minimum atomic E-state index is -3.45. The Bertz CT molecular complexity index is 929. The monoisotopic (exact) mass is 543 g/mol. The molecule has 164 valence electrons. The van der Waals surface area contributed by atoms with E-state index in [9.17, 15) is 8.42 Å². The number of nitrogens with one attached hydrogen (secondary N) is 2. The molecule has 1 fully saturated rings. The fraction of sp³-hybridized carbons (Fsp3) is 0.381. The second-order valence-corrected chi connectivity index (χ2v) is 8.72. The Kier molecular flexibility index (Phi) is 9.37. The number of rotatable bonds is 6. The molecule has 1 aliphatic rings. The average molecular weight is 543 g/mol. The van der Waals surface area contributed by atoms with E-state index in [-0.39, 0.29) is 28.9 Å². The SMILES string of the molecule is CCNC(=NCc1cccc(S(=O)(=O)NC)c1)N1CCN(c2ccccc2)CC1.I. The second-order valence-electron chi connectivity index (χ2n) is 6.83. The van der Waals surface area contributed by atoms with E-state index in [1.807, 2.05) is 12.1 Å². The van der Waals surface area contributed by atoms with Gasteiger partial charge in [0.25, 0.3) is 0 Å². The Hall–Kier alpha value is -1.85. The molecule has 0 amide bonds. The van der Waals surface area contributed by atoms with E-state index in [2.05, 4.69) is 51.0 Å². The molecule has 2 aromatic rings. The van der Waals surface area contributed by atoms with Crippen molar-refractivity contribution in [2.45, 2.75) is 18.4 Å². The van der Waals surface area contributed by atoms with E-state index in [0.717, 1.165) is 44.2 Å². The number of sulfonamides is 1. The highest BCUT2D eigenvalue weighted by atomic mass is 127. The van der Waals surface area contributed by atoms with Crippen molar-refractivity contribution < 1.29 is 8.42 Å². The van der Waals surface area contributed by atoms with Gasteiger partial charge in [-0.2, -0.15) is 0 Å². The van der Waals surface area contributed by atoms with E-state index in [1.165, 1.54) is 12.7 Å². The Morgan fingerprint density at radius 3 is 2.37 bits per heavy atom. The highest BCUT2D eigenvalue weighted by Crippen LogP contribution is 2.16. The van der Waals surface area contributed by atoms with Crippen LogP contribution in [0.25, 0.3) is 0 Å². The van der Waals surface area contributed by atoms with Crippen LogP contribution in [0.15, 0.2) is 64.5 Å². The predicted molar refractivity (Wildman–Crippen MR) is 133 cm³/mol. The topological polar surface area (TPSA) is 77.0 Å². The fourth-order valence-corrected chi connectivity index (χ4v) is 4.14. The van der Waals surface area contributed by atoms with E-state index < -0.39 is 10.0 Å². The molecule has 0 radical (unpaired) electrons. The van der Waals surface area contributed by atoms with E-state index in [4.69, 9.17) is 4.99 Å². The molecule has 9 heteroatoms. The zero-order chi connectivity index (χ0) is 20.7. The molecule has 0 aromatic heterocycles. The van der Waals surface area contributed by atoms with Crippen LogP contribution in [0.3, 0.4) is 0 Å². The third-order valence-electron chi connectivity index (χ3n) is 4.92. The lowest BCUT2D eigenvalue weighted by molar-refractivity contribution is 0.372. The predicted octanol–water partition coefficient (Wildman–Crippen LogP) is 2.50. The normalized spacial score (nSPS) is 14.9. The van der Waals surface area contributed by atoms with Gasteiger partial charge in [-0.25, -0.2) is 18.1 Å². The Morgan fingerprint density at radius 1 is 1.03 bits per heavy atom. The van der Waals surface area contributed by atoms with Gasteiger partial charge in [0.1, 0.15) is 0 Å². The number of anilines is 1. The van der Waals surface area contributed by atoms with Crippen molar-refractivity contribution in [2.75, 3.05) is 44.7 Å². The van der Waals surface area contributed by atoms with Crippen molar-refractivity contribution in [3.8, 4) is 0 Å². The smallest absolute Gasteiger partial charge is 0.240 e. The molecule has 0 saturated carbocycles. The first-order valence-electron chi connectivity index (χ1n) is 9.89. The van der Waals surface area contributed by atoms with Crippen LogP contribution < -0.4 is 14.9 Å². The summed E-state index contributed by atoms with van der Waals surface area (Å²) in [5, 5.41) is 3.36. The number of piperazine rings is 1. The molecule has 1 saturated heterocycles. The van der Waals surface area contributed by atoms with Gasteiger partial charge in [0.2, 0.25) is 10.0 Å². The van der Waals surface area contributed by atoms with Crippen molar-refractivity contribution in [3.63, 3.8) is 0 Å². The lowest BCUT2D eigenvalue weighted by Gasteiger charge is -2.37. The van der Waals surface area contributed by atoms with Crippen LogP contribution in [0.5, 0.6) is 0 Å². The van der Waals surface area contributed by atoms with Gasteiger partial charge in [-0.15, -0.1) is 24.0 Å². The summed E-state index contributed by atoms with van der Waals surface area (Å²) in [6.07, 6.45) is 0. The van der Waals surface area contributed by atoms with Crippen LogP contribution in [0.4, 0.5) is 5.69 Å². The summed E-state index contributed by atoms with van der Waals surface area (Å²) in [5.41, 5.74) is 2.11. The van der Waals surface area contributed by atoms with Crippen molar-refractivity contribution >= 4 is 45.6 Å². The first-order valence-corrected chi connectivity index (χ1v) is 11.4. The van der Waals surface area contributed by atoms with E-state index in [1.54, 1.807) is 18.2 Å². The maximum atomic E-state index is 12.0. The third kappa shape index (κ3) is 6.32. The molecular formula is C21H30IN5O2S. The van der Waals surface area contributed by atoms with Gasteiger partial charge in [0, 0.05) is 38.4 Å². The molecule has 7 nitrogen and oxygen atoms in total. The first-order chi connectivity index (χ1) is 14.0. The number of aliphatic imine (C=N–C) groups is 1. The van der Waals surface area contributed by atoms with Crippen molar-refractivity contribution in [1.82, 2.24) is 14.9 Å². The summed E-state index contributed by atoms with van der Waals surface area (Å²) in [5.74, 6) is 0.863. The van der Waals surface area contributed by atoms with Gasteiger partial charge < -0.3 is 15.1 Å². The number of hydrogen-bond acceptors (Lipinski definition) is 4. The number of hydrogen-bond donors (Lipinski definition) is 2. The summed E-state index contributed by atoms with van der Waals surface area (Å²) >= 11 is 0. The Balaban J connectivity index is 0.00000320. The van der Waals surface area contributed by atoms with Gasteiger partial charge in [0.15, 0.2) is 5.96 Å². The van der Waals surface area contributed by atoms with Crippen molar-refractivity contribution in [1.29, 1.82) is 0 Å². The highest BCUT2D eigenvalue weighted by molar-refractivity contribution is 14.0. The van der Waals surface area contributed by atoms with Crippen LogP contribution in [-0.2, 0) is 16.6 Å². The van der Waals surface area contributed by atoms with Crippen LogP contribution in [0.1, 0.15) is 12.5 Å². The summed E-state index contributed by atoms with van der Waals surface area (Å²) < 4.78 is 26.4. The number of para-hydroxylation sites is 1. The van der Waals surface area contributed by atoms with Gasteiger partial charge in [-0.3, -0.25) is 0 Å². The molecule has 1 heterocycles. The maximum absolute atomic E-state index is 12.0. The van der Waals surface area contributed by atoms with E-state index in [0.29, 0.717) is 6.54 Å². The number of guanidine groups is 1. The molecule has 0 unspecified atom stereocenters. The number of benzene rings is 2. The van der Waals surface area contributed by atoms with Crippen LogP contribution >= 0.6 is 24.0 Å². The fourth-order valence-electron chi connectivity index (χ4n) is 3.34. The van der Waals surface area contributed by atoms with E-state index >= 15 is 0 Å². The Labute approximate surface area is 196 Å². The van der Waals surface area contributed by atoms with Crippen molar-refractivity contribution in [2.24, 2.45) is 4.99 Å². The van der Waals surface area contributed by atoms with Gasteiger partial charge in [-0.05, 0) is 43.8 Å².